The summed E-state index contributed by atoms with van der Waals surface area (Å²) in [6.45, 7) is 0.899. The molecule has 0 unspecified atom stereocenters. The van der Waals surface area contributed by atoms with Gasteiger partial charge in [-0.05, 0) is 86.8 Å². The van der Waals surface area contributed by atoms with Crippen LogP contribution in [0.3, 0.4) is 0 Å². The lowest BCUT2D eigenvalue weighted by molar-refractivity contribution is -0.00337. The van der Waals surface area contributed by atoms with Crippen molar-refractivity contribution < 1.29 is 9.13 Å². The molecule has 0 aliphatic heterocycles. The molecule has 0 heterocycles. The van der Waals surface area contributed by atoms with Crippen molar-refractivity contribution in [2.24, 2.45) is 11.8 Å². The maximum absolute atomic E-state index is 13.1. The highest BCUT2D eigenvalue weighted by Gasteiger charge is 2.25. The summed E-state index contributed by atoms with van der Waals surface area (Å²) >= 11 is 0. The highest BCUT2D eigenvalue weighted by Crippen LogP contribution is 2.35. The lowest BCUT2D eigenvalue weighted by Crippen LogP contribution is -2.25. The highest BCUT2D eigenvalue weighted by molar-refractivity contribution is 5.21. The summed E-state index contributed by atoms with van der Waals surface area (Å²) in [4.78, 5) is 0. The molecule has 0 N–H and O–H groups in total. The second-order valence-electron chi connectivity index (χ2n) is 8.01. The van der Waals surface area contributed by atoms with Crippen molar-refractivity contribution in [1.29, 1.82) is 5.26 Å². The van der Waals surface area contributed by atoms with Gasteiger partial charge in [0.05, 0.1) is 12.2 Å². The quantitative estimate of drug-likeness (QED) is 0.436. The number of hydrogen-bond acceptors (Lipinski definition) is 2. The molecule has 27 heavy (non-hydrogen) atoms. The minimum atomic E-state index is -0.153. The van der Waals surface area contributed by atoms with Crippen molar-refractivity contribution in [3.63, 3.8) is 0 Å². The molecule has 0 saturated heterocycles. The number of rotatable bonds is 6. The van der Waals surface area contributed by atoms with Crippen molar-refractivity contribution in [3.8, 4) is 6.07 Å². The minimum absolute atomic E-state index is 0.153. The standard InChI is InChI=1S/C24H30FNO/c25-23-13-9-21(10-14-23)22-11-15-24(16-12-22)27-18-20-7-5-19(6-8-20)4-2-1-3-17-26/h1-4,9-10,13-14,19-20,22,24H,5-8,11-12,15-16,18H2. The number of allylic oxidation sites excluding steroid dienone is 4. The Kier molecular flexibility index (Phi) is 7.66. The third kappa shape index (κ3) is 6.33. The molecule has 3 rings (SSSR count). The van der Waals surface area contributed by atoms with Gasteiger partial charge in [0.2, 0.25) is 0 Å². The SMILES string of the molecule is N#CC=CC=CC1CCC(COC2CCC(c3ccc(F)cc3)CC2)CC1. The fourth-order valence-corrected chi connectivity index (χ4v) is 4.44. The Morgan fingerprint density at radius 3 is 2.33 bits per heavy atom. The molecule has 144 valence electrons. The van der Waals surface area contributed by atoms with E-state index in [0.717, 1.165) is 32.3 Å². The summed E-state index contributed by atoms with van der Waals surface area (Å²) in [5.41, 5.74) is 1.27. The minimum Gasteiger partial charge on any atom is -0.378 e. The number of ether oxygens (including phenoxy) is 1. The number of halogens is 1. The fourth-order valence-electron chi connectivity index (χ4n) is 4.44. The van der Waals surface area contributed by atoms with E-state index in [-0.39, 0.29) is 5.82 Å². The third-order valence-corrected chi connectivity index (χ3v) is 6.14. The summed E-state index contributed by atoms with van der Waals surface area (Å²) in [5, 5.41) is 8.49. The summed E-state index contributed by atoms with van der Waals surface area (Å²) < 4.78 is 19.3. The van der Waals surface area contributed by atoms with Crippen LogP contribution in [0.15, 0.2) is 48.6 Å². The van der Waals surface area contributed by atoms with E-state index in [2.05, 4.69) is 6.08 Å². The highest BCUT2D eigenvalue weighted by atomic mass is 19.1. The van der Waals surface area contributed by atoms with Crippen LogP contribution in [-0.2, 0) is 4.74 Å². The number of nitriles is 1. The van der Waals surface area contributed by atoms with Crippen molar-refractivity contribution in [2.45, 2.75) is 63.4 Å². The molecule has 0 radical (unpaired) electrons. The molecule has 1 aromatic carbocycles. The van der Waals surface area contributed by atoms with Crippen LogP contribution in [0.2, 0.25) is 0 Å². The first kappa shape index (κ1) is 19.8. The summed E-state index contributed by atoms with van der Waals surface area (Å²) in [5.74, 6) is 1.75. The Hall–Kier alpha value is -1.92. The molecular weight excluding hydrogens is 337 g/mol. The fraction of sp³-hybridized carbons (Fsp3) is 0.542. The van der Waals surface area contributed by atoms with Crippen LogP contribution in [0, 0.1) is 29.0 Å². The number of hydrogen-bond donors (Lipinski definition) is 0. The molecule has 2 aliphatic rings. The smallest absolute Gasteiger partial charge is 0.123 e. The molecule has 0 spiro atoms. The Balaban J connectivity index is 1.33. The third-order valence-electron chi connectivity index (χ3n) is 6.14. The van der Waals surface area contributed by atoms with Gasteiger partial charge >= 0.3 is 0 Å². The lowest BCUT2D eigenvalue weighted by atomic mass is 9.81. The Morgan fingerprint density at radius 1 is 0.963 bits per heavy atom. The topological polar surface area (TPSA) is 33.0 Å². The van der Waals surface area contributed by atoms with Gasteiger partial charge in [-0.3, -0.25) is 0 Å². The van der Waals surface area contributed by atoms with Crippen LogP contribution in [0.4, 0.5) is 4.39 Å². The molecule has 2 nitrogen and oxygen atoms in total. The molecule has 2 saturated carbocycles. The van der Waals surface area contributed by atoms with E-state index < -0.39 is 0 Å². The van der Waals surface area contributed by atoms with Gasteiger partial charge in [0.15, 0.2) is 0 Å². The van der Waals surface area contributed by atoms with E-state index in [4.69, 9.17) is 10.00 Å². The normalized spacial score (nSPS) is 29.2. The molecule has 1 aromatic rings. The van der Waals surface area contributed by atoms with Crippen LogP contribution >= 0.6 is 0 Å². The van der Waals surface area contributed by atoms with Crippen LogP contribution in [0.25, 0.3) is 0 Å². The van der Waals surface area contributed by atoms with Crippen LogP contribution in [0.5, 0.6) is 0 Å². The lowest BCUT2D eigenvalue weighted by Gasteiger charge is -2.32. The second-order valence-corrected chi connectivity index (χ2v) is 8.01. The monoisotopic (exact) mass is 367 g/mol. The maximum Gasteiger partial charge on any atom is 0.123 e. The van der Waals surface area contributed by atoms with E-state index in [1.165, 1.54) is 37.3 Å². The molecule has 0 aromatic heterocycles. The molecule has 2 fully saturated rings. The second kappa shape index (κ2) is 10.4. The van der Waals surface area contributed by atoms with E-state index in [1.54, 1.807) is 12.1 Å². The zero-order valence-corrected chi connectivity index (χ0v) is 16.0. The summed E-state index contributed by atoms with van der Waals surface area (Å²) in [6.07, 6.45) is 17.4. The molecule has 0 atom stereocenters. The van der Waals surface area contributed by atoms with Gasteiger partial charge in [-0.15, -0.1) is 0 Å². The van der Waals surface area contributed by atoms with Gasteiger partial charge in [-0.1, -0.05) is 30.4 Å². The van der Waals surface area contributed by atoms with E-state index in [0.29, 0.717) is 23.9 Å². The van der Waals surface area contributed by atoms with Gasteiger partial charge in [0.1, 0.15) is 5.82 Å². The molecule has 0 bridgehead atoms. The first-order valence-corrected chi connectivity index (χ1v) is 10.3. The van der Waals surface area contributed by atoms with E-state index in [1.807, 2.05) is 30.4 Å². The average molecular weight is 368 g/mol. The number of nitrogens with zero attached hydrogens (tertiary/aromatic N) is 1. The predicted octanol–water partition coefficient (Wildman–Crippen LogP) is 6.31. The van der Waals surface area contributed by atoms with Crippen molar-refractivity contribution in [2.75, 3.05) is 6.61 Å². The largest absolute Gasteiger partial charge is 0.378 e. The summed E-state index contributed by atoms with van der Waals surface area (Å²) in [6, 6.07) is 9.03. The molecule has 3 heteroatoms. The van der Waals surface area contributed by atoms with Crippen molar-refractivity contribution >= 4 is 0 Å². The van der Waals surface area contributed by atoms with Crippen LogP contribution in [0.1, 0.15) is 62.8 Å². The number of benzene rings is 1. The zero-order chi connectivity index (χ0) is 18.9. The van der Waals surface area contributed by atoms with Gasteiger partial charge in [-0.25, -0.2) is 4.39 Å². The van der Waals surface area contributed by atoms with Crippen molar-refractivity contribution in [3.05, 3.63) is 60.0 Å². The Morgan fingerprint density at radius 2 is 1.67 bits per heavy atom. The summed E-state index contributed by atoms with van der Waals surface area (Å²) in [7, 11) is 0. The average Bonchev–Trinajstić information content (AvgIpc) is 2.72. The van der Waals surface area contributed by atoms with E-state index >= 15 is 0 Å². The first-order valence-electron chi connectivity index (χ1n) is 10.3. The first-order chi connectivity index (χ1) is 13.2. The van der Waals surface area contributed by atoms with E-state index in [9.17, 15) is 4.39 Å². The Labute approximate surface area is 162 Å². The van der Waals surface area contributed by atoms with Crippen molar-refractivity contribution in [1.82, 2.24) is 0 Å². The zero-order valence-electron chi connectivity index (χ0n) is 16.0. The van der Waals surface area contributed by atoms with Gasteiger partial charge in [0, 0.05) is 12.7 Å². The molecule has 2 aliphatic carbocycles. The molecular formula is C24H30FNO. The Bertz CT molecular complexity index is 657. The van der Waals surface area contributed by atoms with Crippen LogP contribution < -0.4 is 0 Å². The van der Waals surface area contributed by atoms with Gasteiger partial charge in [-0.2, -0.15) is 5.26 Å². The van der Waals surface area contributed by atoms with Gasteiger partial charge < -0.3 is 4.74 Å². The van der Waals surface area contributed by atoms with Crippen LogP contribution in [-0.4, -0.2) is 12.7 Å². The maximum atomic E-state index is 13.1. The van der Waals surface area contributed by atoms with Gasteiger partial charge in [0.25, 0.3) is 0 Å². The predicted molar refractivity (Wildman–Crippen MR) is 107 cm³/mol. The molecule has 0 amide bonds.